The van der Waals surface area contributed by atoms with Crippen LogP contribution in [0.15, 0.2) is 24.3 Å². The maximum atomic E-state index is 12.9. The van der Waals surface area contributed by atoms with Crippen LogP contribution in [0.2, 0.25) is 0 Å². The van der Waals surface area contributed by atoms with Gasteiger partial charge in [0.1, 0.15) is 5.75 Å². The van der Waals surface area contributed by atoms with Crippen LogP contribution in [0.4, 0.5) is 0 Å². The third kappa shape index (κ3) is 4.03. The Kier molecular flexibility index (Phi) is 6.01. The molecule has 0 radical (unpaired) electrons. The molecule has 0 bridgehead atoms. The molecule has 2 aliphatic heterocycles. The molecule has 2 N–H and O–H groups in total. The molecule has 1 saturated heterocycles. The van der Waals surface area contributed by atoms with E-state index in [1.165, 1.54) is 0 Å². The topological polar surface area (TPSA) is 97.7 Å². The van der Waals surface area contributed by atoms with Gasteiger partial charge in [-0.15, -0.1) is 0 Å². The van der Waals surface area contributed by atoms with Gasteiger partial charge in [-0.2, -0.15) is 5.10 Å². The van der Waals surface area contributed by atoms with Gasteiger partial charge in [-0.05, 0) is 24.6 Å². The lowest BCUT2D eigenvalue weighted by Crippen LogP contribution is -2.41. The first kappa shape index (κ1) is 20.4. The summed E-state index contributed by atoms with van der Waals surface area (Å²) in [7, 11) is 1.63. The van der Waals surface area contributed by atoms with E-state index in [1.807, 2.05) is 33.8 Å². The fraction of sp³-hybridized carbons (Fsp3) is 0.476. The normalized spacial score (nSPS) is 16.4. The van der Waals surface area contributed by atoms with E-state index in [-0.39, 0.29) is 18.4 Å². The van der Waals surface area contributed by atoms with Crippen LogP contribution in [0.3, 0.4) is 0 Å². The van der Waals surface area contributed by atoms with E-state index >= 15 is 0 Å². The van der Waals surface area contributed by atoms with Gasteiger partial charge in [-0.3, -0.25) is 20.3 Å². The average Bonchev–Trinajstić information content (AvgIpc) is 3.42. The molecule has 1 aromatic carbocycles. The molecule has 0 aliphatic carbocycles. The van der Waals surface area contributed by atoms with Crippen LogP contribution in [-0.4, -0.2) is 59.9 Å². The Morgan fingerprint density at radius 2 is 1.93 bits per heavy atom. The van der Waals surface area contributed by atoms with Gasteiger partial charge in [0.05, 0.1) is 26.2 Å². The summed E-state index contributed by atoms with van der Waals surface area (Å²) in [6.45, 7) is 4.80. The van der Waals surface area contributed by atoms with Crippen molar-refractivity contribution in [2.75, 3.05) is 33.4 Å². The second kappa shape index (κ2) is 8.85. The van der Waals surface area contributed by atoms with Crippen LogP contribution in [0.1, 0.15) is 34.2 Å². The van der Waals surface area contributed by atoms with Gasteiger partial charge < -0.3 is 14.4 Å². The van der Waals surface area contributed by atoms with E-state index < -0.39 is 5.97 Å². The lowest BCUT2D eigenvalue weighted by atomic mass is 10.0. The number of carbonyl (C=O) groups excluding carboxylic acids is 2. The summed E-state index contributed by atoms with van der Waals surface area (Å²) in [5, 5.41) is 4.59. The fourth-order valence-electron chi connectivity index (χ4n) is 3.97. The van der Waals surface area contributed by atoms with Gasteiger partial charge in [0.15, 0.2) is 5.69 Å². The highest BCUT2D eigenvalue weighted by Crippen LogP contribution is 2.26. The Balaban J connectivity index is 1.60. The van der Waals surface area contributed by atoms with Crippen molar-refractivity contribution in [2.45, 2.75) is 26.4 Å². The zero-order chi connectivity index (χ0) is 21.1. The van der Waals surface area contributed by atoms with Gasteiger partial charge in [0.25, 0.3) is 0 Å². The highest BCUT2D eigenvalue weighted by molar-refractivity contribution is 5.89. The number of methoxy groups -OCH3 is 1. The van der Waals surface area contributed by atoms with Crippen molar-refractivity contribution in [2.24, 2.45) is 5.92 Å². The maximum absolute atomic E-state index is 12.9. The number of aromatic nitrogens is 2. The Labute approximate surface area is 175 Å². The summed E-state index contributed by atoms with van der Waals surface area (Å²) in [6, 6.07) is 7.77. The number of esters is 1. The minimum absolute atomic E-state index is 0.0908. The van der Waals surface area contributed by atoms with Crippen molar-refractivity contribution in [1.82, 2.24) is 25.5 Å². The first-order valence-electron chi connectivity index (χ1n) is 10.2. The number of hydrogen-bond donors (Lipinski definition) is 2. The van der Waals surface area contributed by atoms with Crippen LogP contribution in [-0.2, 0) is 29.0 Å². The van der Waals surface area contributed by atoms with Crippen LogP contribution in [0, 0.1) is 5.92 Å². The fourth-order valence-corrected chi connectivity index (χ4v) is 3.97. The number of amides is 1. The summed E-state index contributed by atoms with van der Waals surface area (Å²) in [4.78, 5) is 27.2. The van der Waals surface area contributed by atoms with E-state index in [0.717, 1.165) is 22.6 Å². The second-order valence-electron chi connectivity index (χ2n) is 7.47. The van der Waals surface area contributed by atoms with Gasteiger partial charge in [0, 0.05) is 43.9 Å². The quantitative estimate of drug-likeness (QED) is 0.674. The zero-order valence-electron chi connectivity index (χ0n) is 17.3. The molecule has 0 unspecified atom stereocenters. The third-order valence-corrected chi connectivity index (χ3v) is 5.58. The molecule has 0 atom stereocenters. The molecule has 2 aliphatic rings. The van der Waals surface area contributed by atoms with Crippen molar-refractivity contribution in [1.29, 1.82) is 0 Å². The number of hydrogen-bond acceptors (Lipinski definition) is 7. The molecule has 1 amide bonds. The minimum Gasteiger partial charge on any atom is -0.497 e. The summed E-state index contributed by atoms with van der Waals surface area (Å²) in [5.41, 5.74) is 9.14. The molecule has 0 spiro atoms. The number of hydrazine groups is 1. The van der Waals surface area contributed by atoms with Crippen LogP contribution < -0.4 is 15.6 Å². The number of benzene rings is 1. The van der Waals surface area contributed by atoms with Gasteiger partial charge in [-0.1, -0.05) is 12.1 Å². The molecule has 1 fully saturated rings. The molecular weight excluding hydrogens is 386 g/mol. The van der Waals surface area contributed by atoms with Gasteiger partial charge in [0.2, 0.25) is 5.91 Å². The van der Waals surface area contributed by atoms with E-state index in [0.29, 0.717) is 44.8 Å². The van der Waals surface area contributed by atoms with E-state index in [4.69, 9.17) is 9.47 Å². The largest absolute Gasteiger partial charge is 0.497 e. The Morgan fingerprint density at radius 3 is 2.60 bits per heavy atom. The molecule has 9 heteroatoms. The highest BCUT2D eigenvalue weighted by Gasteiger charge is 2.34. The average molecular weight is 413 g/mol. The first-order chi connectivity index (χ1) is 14.6. The van der Waals surface area contributed by atoms with E-state index in [1.54, 1.807) is 14.0 Å². The molecule has 0 saturated carbocycles. The number of ether oxygens (including phenoxy) is 2. The smallest absolute Gasteiger partial charge is 0.359 e. The molecule has 3 heterocycles. The molecule has 1 aromatic heterocycles. The summed E-state index contributed by atoms with van der Waals surface area (Å²) < 4.78 is 12.3. The van der Waals surface area contributed by atoms with Gasteiger partial charge in [-0.25, -0.2) is 4.79 Å². The number of rotatable bonds is 6. The standard InChI is InChI=1S/C21H27N5O4/c1-3-30-21(28)19-17-13-25(20(27)15-10-22-23-11-15)9-8-18(17)26(24-19)12-14-4-6-16(29-2)7-5-14/h4-7,15,22-23H,3,8-13H2,1-2H3. The SMILES string of the molecule is CCOC(=O)c1nn(Cc2ccc(OC)cc2)c2c1CN(C(=O)C1CNNC1)CC2. The number of nitrogens with one attached hydrogen (secondary N) is 2. The molecule has 160 valence electrons. The van der Waals surface area contributed by atoms with E-state index in [2.05, 4.69) is 16.0 Å². The second-order valence-corrected chi connectivity index (χ2v) is 7.47. The van der Waals surface area contributed by atoms with E-state index in [9.17, 15) is 9.59 Å². The lowest BCUT2D eigenvalue weighted by molar-refractivity contribution is -0.135. The van der Waals surface area contributed by atoms with Crippen molar-refractivity contribution >= 4 is 11.9 Å². The van der Waals surface area contributed by atoms with Gasteiger partial charge >= 0.3 is 5.97 Å². The maximum Gasteiger partial charge on any atom is 0.359 e. The van der Waals surface area contributed by atoms with Crippen LogP contribution in [0.25, 0.3) is 0 Å². The number of carbonyl (C=O) groups is 2. The summed E-state index contributed by atoms with van der Waals surface area (Å²) in [6.07, 6.45) is 0.650. The van der Waals surface area contributed by atoms with Crippen LogP contribution in [0.5, 0.6) is 5.75 Å². The highest BCUT2D eigenvalue weighted by atomic mass is 16.5. The first-order valence-corrected chi connectivity index (χ1v) is 10.2. The lowest BCUT2D eigenvalue weighted by Gasteiger charge is -2.29. The number of fused-ring (bicyclic) bond motifs is 1. The molecule has 30 heavy (non-hydrogen) atoms. The Hall–Kier alpha value is -2.91. The molecule has 4 rings (SSSR count). The third-order valence-electron chi connectivity index (χ3n) is 5.58. The molecule has 9 nitrogen and oxygen atoms in total. The number of nitrogens with zero attached hydrogens (tertiary/aromatic N) is 3. The summed E-state index contributed by atoms with van der Waals surface area (Å²) >= 11 is 0. The molecular formula is C21H27N5O4. The van der Waals surface area contributed by atoms with Crippen molar-refractivity contribution in [3.8, 4) is 5.75 Å². The zero-order valence-corrected chi connectivity index (χ0v) is 17.3. The van der Waals surface area contributed by atoms with Crippen LogP contribution >= 0.6 is 0 Å². The summed E-state index contributed by atoms with van der Waals surface area (Å²) in [5.74, 6) is 0.349. The Bertz CT molecular complexity index is 918. The minimum atomic E-state index is -0.444. The Morgan fingerprint density at radius 1 is 1.20 bits per heavy atom. The van der Waals surface area contributed by atoms with Crippen molar-refractivity contribution < 1.29 is 19.1 Å². The predicted octanol–water partition coefficient (Wildman–Crippen LogP) is 0.725. The van der Waals surface area contributed by atoms with Crippen molar-refractivity contribution in [3.05, 3.63) is 46.8 Å². The molecule has 2 aromatic rings. The van der Waals surface area contributed by atoms with Crippen molar-refractivity contribution in [3.63, 3.8) is 0 Å². The monoisotopic (exact) mass is 413 g/mol. The predicted molar refractivity (Wildman–Crippen MR) is 109 cm³/mol.